The Morgan fingerprint density at radius 2 is 1.85 bits per heavy atom. The number of nitrogens with one attached hydrogen (secondary N) is 1. The maximum absolute atomic E-state index is 12.6. The van der Waals surface area contributed by atoms with Gasteiger partial charge in [-0.1, -0.05) is 27.2 Å². The van der Waals surface area contributed by atoms with E-state index in [9.17, 15) is 14.4 Å². The number of carbonyl (C=O) groups is 3. The fourth-order valence-corrected chi connectivity index (χ4v) is 3.52. The molecular formula is C15H24N2O3. The summed E-state index contributed by atoms with van der Waals surface area (Å²) in [6.07, 6.45) is 4.12. The number of amides is 4. The molecule has 2 rings (SSSR count). The van der Waals surface area contributed by atoms with Gasteiger partial charge in [0.05, 0.1) is 0 Å². The summed E-state index contributed by atoms with van der Waals surface area (Å²) in [6, 6.07) is -0.544. The minimum atomic E-state index is -1.06. The molecule has 0 aromatic rings. The van der Waals surface area contributed by atoms with Crippen LogP contribution in [0.3, 0.4) is 0 Å². The van der Waals surface area contributed by atoms with Gasteiger partial charge in [-0.2, -0.15) is 0 Å². The van der Waals surface area contributed by atoms with Gasteiger partial charge in [0, 0.05) is 6.54 Å². The van der Waals surface area contributed by atoms with Crippen molar-refractivity contribution >= 4 is 17.8 Å². The zero-order chi connectivity index (χ0) is 14.9. The molecule has 4 amide bonds. The van der Waals surface area contributed by atoms with Crippen LogP contribution in [0.4, 0.5) is 4.79 Å². The molecule has 0 aromatic carbocycles. The second-order valence-electron chi connectivity index (χ2n) is 6.25. The first-order valence-electron chi connectivity index (χ1n) is 7.62. The molecule has 1 saturated heterocycles. The summed E-state index contributed by atoms with van der Waals surface area (Å²) in [5, 5.41) is 2.36. The van der Waals surface area contributed by atoms with Crippen molar-refractivity contribution in [1.29, 1.82) is 0 Å². The van der Waals surface area contributed by atoms with Crippen molar-refractivity contribution in [3.63, 3.8) is 0 Å². The number of nitrogens with zero attached hydrogens (tertiary/aromatic N) is 1. The van der Waals surface area contributed by atoms with Crippen LogP contribution in [0.2, 0.25) is 0 Å². The third-order valence-corrected chi connectivity index (χ3v) is 5.01. The Morgan fingerprint density at radius 3 is 2.35 bits per heavy atom. The molecule has 0 radical (unpaired) electrons. The molecular weight excluding hydrogens is 256 g/mol. The van der Waals surface area contributed by atoms with Gasteiger partial charge in [-0.05, 0) is 37.5 Å². The second kappa shape index (κ2) is 5.54. The molecule has 1 aliphatic carbocycles. The van der Waals surface area contributed by atoms with Gasteiger partial charge >= 0.3 is 6.03 Å². The molecule has 0 spiro atoms. The van der Waals surface area contributed by atoms with Crippen LogP contribution in [-0.4, -0.2) is 29.3 Å². The summed E-state index contributed by atoms with van der Waals surface area (Å²) < 4.78 is 0. The Bertz CT molecular complexity index is 429. The van der Waals surface area contributed by atoms with Crippen LogP contribution in [0.1, 0.15) is 52.9 Å². The standard InChI is InChI=1S/C15H24N2O3/c1-4-15(5-2)12(18)16-14(20)17(13(15)19)9-11-7-6-10(3)8-11/h10-11H,4-9H2,1-3H3,(H,16,18,20). The fraction of sp³-hybridized carbons (Fsp3) is 0.800. The lowest BCUT2D eigenvalue weighted by Crippen LogP contribution is -2.64. The normalized spacial score (nSPS) is 29.8. The van der Waals surface area contributed by atoms with E-state index in [0.717, 1.165) is 19.3 Å². The van der Waals surface area contributed by atoms with Crippen molar-refractivity contribution in [3.05, 3.63) is 0 Å². The summed E-state index contributed by atoms with van der Waals surface area (Å²) in [5.74, 6) is 0.287. The van der Waals surface area contributed by atoms with Gasteiger partial charge in [-0.15, -0.1) is 0 Å². The number of carbonyl (C=O) groups excluding carboxylic acids is 3. The van der Waals surface area contributed by atoms with Crippen molar-refractivity contribution in [2.75, 3.05) is 6.54 Å². The number of hydrogen-bond acceptors (Lipinski definition) is 3. The molecule has 1 heterocycles. The molecule has 5 nitrogen and oxygen atoms in total. The maximum atomic E-state index is 12.6. The number of hydrogen-bond donors (Lipinski definition) is 1. The highest BCUT2D eigenvalue weighted by Gasteiger charge is 2.51. The second-order valence-corrected chi connectivity index (χ2v) is 6.25. The van der Waals surface area contributed by atoms with Crippen molar-refractivity contribution in [2.24, 2.45) is 17.3 Å². The number of barbiturate groups is 1. The third kappa shape index (κ3) is 2.34. The van der Waals surface area contributed by atoms with Gasteiger partial charge < -0.3 is 0 Å². The number of rotatable bonds is 4. The van der Waals surface area contributed by atoms with E-state index in [1.807, 2.05) is 13.8 Å². The molecule has 2 aliphatic rings. The monoisotopic (exact) mass is 280 g/mol. The molecule has 112 valence electrons. The molecule has 1 saturated carbocycles. The van der Waals surface area contributed by atoms with Gasteiger partial charge in [-0.3, -0.25) is 19.8 Å². The molecule has 0 aromatic heterocycles. The van der Waals surface area contributed by atoms with E-state index in [4.69, 9.17) is 0 Å². The fourth-order valence-electron chi connectivity index (χ4n) is 3.52. The average molecular weight is 280 g/mol. The van der Waals surface area contributed by atoms with Gasteiger partial charge in [0.2, 0.25) is 11.8 Å². The van der Waals surface area contributed by atoms with Crippen LogP contribution in [0.25, 0.3) is 0 Å². The van der Waals surface area contributed by atoms with Crippen LogP contribution in [-0.2, 0) is 9.59 Å². The lowest BCUT2D eigenvalue weighted by Gasteiger charge is -2.39. The van der Waals surface area contributed by atoms with Gasteiger partial charge in [0.15, 0.2) is 0 Å². The predicted octanol–water partition coefficient (Wildman–Crippen LogP) is 2.31. The minimum Gasteiger partial charge on any atom is -0.277 e. The van der Waals surface area contributed by atoms with E-state index in [2.05, 4.69) is 12.2 Å². The zero-order valence-corrected chi connectivity index (χ0v) is 12.6. The van der Waals surface area contributed by atoms with Crippen molar-refractivity contribution < 1.29 is 14.4 Å². The van der Waals surface area contributed by atoms with E-state index in [-0.39, 0.29) is 5.91 Å². The molecule has 5 heteroatoms. The largest absolute Gasteiger partial charge is 0.330 e. The van der Waals surface area contributed by atoms with Crippen molar-refractivity contribution in [2.45, 2.75) is 52.9 Å². The average Bonchev–Trinajstić information content (AvgIpc) is 2.82. The van der Waals surface area contributed by atoms with E-state index in [0.29, 0.717) is 31.2 Å². The first-order valence-corrected chi connectivity index (χ1v) is 7.62. The first kappa shape index (κ1) is 15.0. The zero-order valence-electron chi connectivity index (χ0n) is 12.6. The Hall–Kier alpha value is -1.39. The van der Waals surface area contributed by atoms with Crippen LogP contribution in [0, 0.1) is 17.3 Å². The summed E-state index contributed by atoms with van der Waals surface area (Å²) in [4.78, 5) is 38.0. The highest BCUT2D eigenvalue weighted by Crippen LogP contribution is 2.35. The molecule has 20 heavy (non-hydrogen) atoms. The van der Waals surface area contributed by atoms with E-state index in [1.54, 1.807) is 0 Å². The highest BCUT2D eigenvalue weighted by molar-refractivity contribution is 6.19. The molecule has 1 aliphatic heterocycles. The summed E-state index contributed by atoms with van der Waals surface area (Å²) >= 11 is 0. The molecule has 2 atom stereocenters. The van der Waals surface area contributed by atoms with Crippen LogP contribution < -0.4 is 5.32 Å². The Kier molecular flexibility index (Phi) is 4.16. The van der Waals surface area contributed by atoms with Gasteiger partial charge in [0.1, 0.15) is 5.41 Å². The summed E-state index contributed by atoms with van der Waals surface area (Å²) in [7, 11) is 0. The van der Waals surface area contributed by atoms with Crippen LogP contribution in [0.15, 0.2) is 0 Å². The SMILES string of the molecule is CCC1(CC)C(=O)NC(=O)N(CC2CCC(C)C2)C1=O. The first-order chi connectivity index (χ1) is 9.44. The van der Waals surface area contributed by atoms with Crippen molar-refractivity contribution in [3.8, 4) is 0 Å². The molecule has 2 unspecified atom stereocenters. The topological polar surface area (TPSA) is 66.5 Å². The number of imide groups is 2. The quantitative estimate of drug-likeness (QED) is 0.804. The van der Waals surface area contributed by atoms with E-state index >= 15 is 0 Å². The van der Waals surface area contributed by atoms with Crippen LogP contribution in [0.5, 0.6) is 0 Å². The van der Waals surface area contributed by atoms with E-state index in [1.165, 1.54) is 4.90 Å². The maximum Gasteiger partial charge on any atom is 0.330 e. The minimum absolute atomic E-state index is 0.309. The van der Waals surface area contributed by atoms with Gasteiger partial charge in [-0.25, -0.2) is 4.79 Å². The Morgan fingerprint density at radius 1 is 1.20 bits per heavy atom. The van der Waals surface area contributed by atoms with Crippen LogP contribution >= 0.6 is 0 Å². The predicted molar refractivity (Wildman–Crippen MR) is 74.8 cm³/mol. The Labute approximate surface area is 120 Å². The molecule has 2 fully saturated rings. The smallest absolute Gasteiger partial charge is 0.277 e. The van der Waals surface area contributed by atoms with Crippen molar-refractivity contribution in [1.82, 2.24) is 10.2 Å². The highest BCUT2D eigenvalue weighted by atomic mass is 16.2. The van der Waals surface area contributed by atoms with E-state index < -0.39 is 17.4 Å². The Balaban J connectivity index is 2.17. The molecule has 0 bridgehead atoms. The molecule has 1 N–H and O–H groups in total. The summed E-state index contributed by atoms with van der Waals surface area (Å²) in [5.41, 5.74) is -1.06. The van der Waals surface area contributed by atoms with Gasteiger partial charge in [0.25, 0.3) is 0 Å². The summed E-state index contributed by atoms with van der Waals surface area (Å²) in [6.45, 7) is 6.30. The third-order valence-electron chi connectivity index (χ3n) is 5.01. The lowest BCUT2D eigenvalue weighted by molar-refractivity contribution is -0.152. The lowest BCUT2D eigenvalue weighted by atomic mass is 9.78. The number of urea groups is 1.